The minimum atomic E-state index is -4.52. The summed E-state index contributed by atoms with van der Waals surface area (Å²) in [5, 5.41) is 4.52. The highest BCUT2D eigenvalue weighted by molar-refractivity contribution is 6.05. The predicted molar refractivity (Wildman–Crippen MR) is 128 cm³/mol. The van der Waals surface area contributed by atoms with E-state index in [2.05, 4.69) is 10.3 Å². The predicted octanol–water partition coefficient (Wildman–Crippen LogP) is 5.07. The van der Waals surface area contributed by atoms with Gasteiger partial charge in [-0.3, -0.25) is 9.59 Å². The Morgan fingerprint density at radius 1 is 0.972 bits per heavy atom. The third-order valence-electron chi connectivity index (χ3n) is 5.33. The van der Waals surface area contributed by atoms with Gasteiger partial charge in [-0.25, -0.2) is 4.98 Å². The number of benzene rings is 2. The van der Waals surface area contributed by atoms with Crippen molar-refractivity contribution < 1.29 is 27.5 Å². The molecule has 0 atom stereocenters. The number of ether oxygens (including phenoxy) is 1. The average molecular weight is 496 g/mol. The van der Waals surface area contributed by atoms with E-state index < -0.39 is 24.5 Å². The Bertz CT molecular complexity index is 1430. The van der Waals surface area contributed by atoms with Gasteiger partial charge < -0.3 is 19.8 Å². The summed E-state index contributed by atoms with van der Waals surface area (Å²) in [4.78, 5) is 29.4. The summed E-state index contributed by atoms with van der Waals surface area (Å²) in [6.45, 7) is 2.47. The highest BCUT2D eigenvalue weighted by Gasteiger charge is 2.28. The van der Waals surface area contributed by atoms with Crippen LogP contribution in [0.15, 0.2) is 67.0 Å². The molecular weight excluding hydrogens is 473 g/mol. The summed E-state index contributed by atoms with van der Waals surface area (Å²) in [6.07, 6.45) is -0.679. The normalized spacial score (nSPS) is 11.4. The monoisotopic (exact) mass is 496 g/mol. The van der Waals surface area contributed by atoms with Crippen molar-refractivity contribution in [3.63, 3.8) is 0 Å². The summed E-state index contributed by atoms with van der Waals surface area (Å²) in [5.74, 6) is -0.882. The van der Waals surface area contributed by atoms with Gasteiger partial charge in [-0.1, -0.05) is 18.2 Å². The van der Waals surface area contributed by atoms with Crippen LogP contribution in [-0.2, 0) is 6.61 Å². The zero-order valence-electron chi connectivity index (χ0n) is 19.5. The zero-order valence-corrected chi connectivity index (χ0v) is 19.5. The smallest absolute Gasteiger partial charge is 0.405 e. The fraction of sp³-hybridized carbons (Fsp3) is 0.192. The second-order valence-electron chi connectivity index (χ2n) is 8.30. The maximum atomic E-state index is 12.8. The molecule has 0 radical (unpaired) electrons. The Hall–Kier alpha value is -4.34. The van der Waals surface area contributed by atoms with Gasteiger partial charge in [0, 0.05) is 29.2 Å². The summed E-state index contributed by atoms with van der Waals surface area (Å²) in [6, 6.07) is 14.7. The van der Waals surface area contributed by atoms with Gasteiger partial charge in [-0.15, -0.1) is 0 Å². The molecule has 0 saturated heterocycles. The Balaban J connectivity index is 1.42. The quantitative estimate of drug-likeness (QED) is 0.374. The van der Waals surface area contributed by atoms with Crippen LogP contribution in [0, 0.1) is 13.8 Å². The van der Waals surface area contributed by atoms with E-state index >= 15 is 0 Å². The fourth-order valence-electron chi connectivity index (χ4n) is 3.48. The molecule has 7 nitrogen and oxygen atoms in total. The van der Waals surface area contributed by atoms with Gasteiger partial charge in [0.05, 0.1) is 5.69 Å². The van der Waals surface area contributed by atoms with Crippen LogP contribution in [0.3, 0.4) is 0 Å². The standard InChI is InChI=1S/C26H23F3N4O3/c1-16-6-9-23-31-20(13-33(23)12-16)14-36-21-5-3-4-18(10-21)25(35)32-22-11-19(8-7-17(22)2)24(34)30-15-26(27,28)29/h3-13H,14-15H2,1-2H3,(H,30,34)(H,32,35). The Morgan fingerprint density at radius 2 is 1.75 bits per heavy atom. The first-order valence-electron chi connectivity index (χ1n) is 11.0. The molecule has 0 saturated carbocycles. The lowest BCUT2D eigenvalue weighted by atomic mass is 10.1. The summed E-state index contributed by atoms with van der Waals surface area (Å²) >= 11 is 0. The minimum absolute atomic E-state index is 0.000109. The average Bonchev–Trinajstić information content (AvgIpc) is 3.24. The maximum absolute atomic E-state index is 12.8. The Morgan fingerprint density at radius 3 is 2.53 bits per heavy atom. The van der Waals surface area contributed by atoms with Crippen LogP contribution in [-0.4, -0.2) is 33.9 Å². The second kappa shape index (κ2) is 10.1. The molecule has 0 aliphatic carbocycles. The van der Waals surface area contributed by atoms with E-state index in [-0.39, 0.29) is 12.2 Å². The van der Waals surface area contributed by atoms with Gasteiger partial charge in [0.2, 0.25) is 0 Å². The van der Waals surface area contributed by atoms with Crippen molar-refractivity contribution in [3.05, 3.63) is 94.9 Å². The van der Waals surface area contributed by atoms with Gasteiger partial charge in [0.1, 0.15) is 24.5 Å². The molecule has 36 heavy (non-hydrogen) atoms. The number of nitrogens with one attached hydrogen (secondary N) is 2. The maximum Gasteiger partial charge on any atom is 0.405 e. The van der Waals surface area contributed by atoms with Gasteiger partial charge in [0.15, 0.2) is 0 Å². The lowest BCUT2D eigenvalue weighted by molar-refractivity contribution is -0.123. The molecule has 186 valence electrons. The molecule has 0 aliphatic rings. The van der Waals surface area contributed by atoms with Crippen LogP contribution in [0.1, 0.15) is 37.5 Å². The molecule has 4 aromatic rings. The van der Waals surface area contributed by atoms with Gasteiger partial charge in [0.25, 0.3) is 11.8 Å². The number of aryl methyl sites for hydroxylation is 2. The number of rotatable bonds is 7. The van der Waals surface area contributed by atoms with Crippen molar-refractivity contribution in [3.8, 4) is 5.75 Å². The van der Waals surface area contributed by atoms with Crippen molar-refractivity contribution in [2.75, 3.05) is 11.9 Å². The molecule has 0 spiro atoms. The molecule has 2 heterocycles. The van der Waals surface area contributed by atoms with Crippen molar-refractivity contribution in [1.82, 2.24) is 14.7 Å². The molecule has 0 fully saturated rings. The largest absolute Gasteiger partial charge is 0.487 e. The van der Waals surface area contributed by atoms with E-state index in [9.17, 15) is 22.8 Å². The third kappa shape index (κ3) is 6.21. The molecule has 2 amide bonds. The summed E-state index contributed by atoms with van der Waals surface area (Å²) in [7, 11) is 0. The Kier molecular flexibility index (Phi) is 6.96. The SMILES string of the molecule is Cc1ccc2nc(COc3cccc(C(=O)Nc4cc(C(=O)NCC(F)(F)F)ccc4C)c3)cn2c1. The van der Waals surface area contributed by atoms with Crippen LogP contribution in [0.2, 0.25) is 0 Å². The minimum Gasteiger partial charge on any atom is -0.487 e. The van der Waals surface area contributed by atoms with Crippen LogP contribution in [0.4, 0.5) is 18.9 Å². The molecule has 4 rings (SSSR count). The van der Waals surface area contributed by atoms with E-state index in [0.717, 1.165) is 16.9 Å². The van der Waals surface area contributed by atoms with Crippen LogP contribution >= 0.6 is 0 Å². The van der Waals surface area contributed by atoms with Crippen LogP contribution < -0.4 is 15.4 Å². The molecule has 0 aliphatic heterocycles. The first kappa shape index (κ1) is 24.8. The van der Waals surface area contributed by atoms with Crippen molar-refractivity contribution in [1.29, 1.82) is 0 Å². The van der Waals surface area contributed by atoms with Gasteiger partial charge >= 0.3 is 6.18 Å². The lowest BCUT2D eigenvalue weighted by Gasteiger charge is -2.12. The van der Waals surface area contributed by atoms with Gasteiger partial charge in [-0.05, 0) is 61.4 Å². The lowest BCUT2D eigenvalue weighted by Crippen LogP contribution is -2.33. The number of alkyl halides is 3. The zero-order chi connectivity index (χ0) is 25.9. The molecule has 2 aromatic carbocycles. The highest BCUT2D eigenvalue weighted by Crippen LogP contribution is 2.21. The number of aromatic nitrogens is 2. The van der Waals surface area contributed by atoms with E-state index in [1.165, 1.54) is 12.1 Å². The number of hydrogen-bond donors (Lipinski definition) is 2. The molecule has 0 unspecified atom stereocenters. The number of amides is 2. The molecule has 10 heteroatoms. The van der Waals surface area contributed by atoms with Crippen molar-refractivity contribution in [2.45, 2.75) is 26.6 Å². The highest BCUT2D eigenvalue weighted by atomic mass is 19.4. The van der Waals surface area contributed by atoms with Crippen LogP contribution in [0.25, 0.3) is 5.65 Å². The van der Waals surface area contributed by atoms with Gasteiger partial charge in [-0.2, -0.15) is 13.2 Å². The molecule has 2 N–H and O–H groups in total. The number of pyridine rings is 1. The molecule has 0 bridgehead atoms. The van der Waals surface area contributed by atoms with Crippen molar-refractivity contribution >= 4 is 23.1 Å². The molecular formula is C26H23F3N4O3. The fourth-order valence-corrected chi connectivity index (χ4v) is 3.48. The number of carbonyl (C=O) groups is 2. The molecule has 2 aromatic heterocycles. The first-order valence-corrected chi connectivity index (χ1v) is 11.0. The van der Waals surface area contributed by atoms with Crippen LogP contribution in [0.5, 0.6) is 5.75 Å². The number of imidazole rings is 1. The Labute approximate surface area is 204 Å². The topological polar surface area (TPSA) is 84.7 Å². The van der Waals surface area contributed by atoms with E-state index in [1.807, 2.05) is 41.2 Å². The second-order valence-corrected chi connectivity index (χ2v) is 8.30. The van der Waals surface area contributed by atoms with E-state index in [0.29, 0.717) is 22.6 Å². The summed E-state index contributed by atoms with van der Waals surface area (Å²) in [5.41, 5.74) is 3.90. The number of nitrogens with zero attached hydrogens (tertiary/aromatic N) is 2. The van der Waals surface area contributed by atoms with E-state index in [4.69, 9.17) is 4.74 Å². The van der Waals surface area contributed by atoms with E-state index in [1.54, 1.807) is 37.3 Å². The first-order chi connectivity index (χ1) is 17.1. The number of fused-ring (bicyclic) bond motifs is 1. The number of hydrogen-bond acceptors (Lipinski definition) is 4. The number of halogens is 3. The third-order valence-corrected chi connectivity index (χ3v) is 5.33. The number of anilines is 1. The van der Waals surface area contributed by atoms with Crippen molar-refractivity contribution in [2.24, 2.45) is 0 Å². The number of carbonyl (C=O) groups excluding carboxylic acids is 2. The summed E-state index contributed by atoms with van der Waals surface area (Å²) < 4.78 is 44.9.